The molecule has 0 aliphatic heterocycles. The van der Waals surface area contributed by atoms with Crippen LogP contribution >= 0.6 is 0 Å². The van der Waals surface area contributed by atoms with E-state index in [1.165, 1.54) is 0 Å². The SMILES string of the molecule is CCC(CNC(=O)C(NC(=O)OCC1c2ccccc2-c2ccccc21)C(C)C)C(=O)O. The van der Waals surface area contributed by atoms with E-state index in [2.05, 4.69) is 22.8 Å². The van der Waals surface area contributed by atoms with Gasteiger partial charge in [0, 0.05) is 12.5 Å². The second-order valence-electron chi connectivity index (χ2n) is 8.38. The average molecular weight is 439 g/mol. The molecule has 0 bridgehead atoms. The van der Waals surface area contributed by atoms with Gasteiger partial charge in [0.15, 0.2) is 0 Å². The molecular formula is C25H30N2O5. The van der Waals surface area contributed by atoms with Crippen molar-refractivity contribution >= 4 is 18.0 Å². The van der Waals surface area contributed by atoms with Crippen molar-refractivity contribution in [2.75, 3.05) is 13.2 Å². The first-order chi connectivity index (χ1) is 15.3. The van der Waals surface area contributed by atoms with Crippen molar-refractivity contribution in [1.82, 2.24) is 10.6 Å². The molecule has 0 saturated carbocycles. The standard InChI is InChI=1S/C25H30N2O5/c1-4-16(24(29)30)13-26-23(28)22(15(2)3)27-25(31)32-14-21-19-11-7-5-9-17(19)18-10-6-8-12-20(18)21/h5-12,15-16,21-22H,4,13-14H2,1-3H3,(H,26,28)(H,27,31)(H,29,30). The third-order valence-corrected chi connectivity index (χ3v) is 5.93. The van der Waals surface area contributed by atoms with E-state index in [0.29, 0.717) is 6.42 Å². The van der Waals surface area contributed by atoms with Gasteiger partial charge in [-0.2, -0.15) is 0 Å². The molecule has 0 spiro atoms. The molecule has 3 N–H and O–H groups in total. The summed E-state index contributed by atoms with van der Waals surface area (Å²) in [6, 6.07) is 15.3. The fraction of sp³-hybridized carbons (Fsp3) is 0.400. The van der Waals surface area contributed by atoms with Crippen LogP contribution < -0.4 is 10.6 Å². The van der Waals surface area contributed by atoms with E-state index >= 15 is 0 Å². The van der Waals surface area contributed by atoms with Gasteiger partial charge in [-0.15, -0.1) is 0 Å². The molecule has 2 amide bonds. The molecule has 7 heteroatoms. The van der Waals surface area contributed by atoms with E-state index in [4.69, 9.17) is 9.84 Å². The van der Waals surface area contributed by atoms with Gasteiger partial charge >= 0.3 is 12.1 Å². The van der Waals surface area contributed by atoms with Crippen LogP contribution in [0.25, 0.3) is 11.1 Å². The van der Waals surface area contributed by atoms with E-state index in [1.807, 2.05) is 50.2 Å². The summed E-state index contributed by atoms with van der Waals surface area (Å²) < 4.78 is 5.53. The van der Waals surface area contributed by atoms with Crippen LogP contribution in [0, 0.1) is 11.8 Å². The van der Waals surface area contributed by atoms with Crippen molar-refractivity contribution in [3.05, 3.63) is 59.7 Å². The lowest BCUT2D eigenvalue weighted by molar-refractivity contribution is -0.141. The normalized spacial score (nSPS) is 14.2. The summed E-state index contributed by atoms with van der Waals surface area (Å²) in [5.41, 5.74) is 4.50. The number of amides is 2. The van der Waals surface area contributed by atoms with Gasteiger partial charge in [0.2, 0.25) is 5.91 Å². The van der Waals surface area contributed by atoms with Crippen molar-refractivity contribution in [2.24, 2.45) is 11.8 Å². The van der Waals surface area contributed by atoms with Crippen LogP contribution in [0.1, 0.15) is 44.2 Å². The van der Waals surface area contributed by atoms with Gasteiger partial charge in [-0.05, 0) is 34.6 Å². The second-order valence-corrected chi connectivity index (χ2v) is 8.38. The number of nitrogens with one attached hydrogen (secondary N) is 2. The lowest BCUT2D eigenvalue weighted by Gasteiger charge is -2.23. The van der Waals surface area contributed by atoms with Crippen molar-refractivity contribution in [2.45, 2.75) is 39.2 Å². The summed E-state index contributed by atoms with van der Waals surface area (Å²) >= 11 is 0. The maximum Gasteiger partial charge on any atom is 0.407 e. The number of aliphatic carboxylic acids is 1. The van der Waals surface area contributed by atoms with Crippen LogP contribution in [0.2, 0.25) is 0 Å². The summed E-state index contributed by atoms with van der Waals surface area (Å²) in [4.78, 5) is 36.3. The van der Waals surface area contributed by atoms with E-state index in [0.717, 1.165) is 22.3 Å². The largest absolute Gasteiger partial charge is 0.481 e. The minimum absolute atomic E-state index is 0.0141. The van der Waals surface area contributed by atoms with Gasteiger partial charge in [0.1, 0.15) is 12.6 Å². The Bertz CT molecular complexity index is 942. The van der Waals surface area contributed by atoms with Crippen molar-refractivity contribution in [3.63, 3.8) is 0 Å². The topological polar surface area (TPSA) is 105 Å². The number of hydrogen-bond acceptors (Lipinski definition) is 4. The first-order valence-corrected chi connectivity index (χ1v) is 11.0. The summed E-state index contributed by atoms with van der Waals surface area (Å²) in [5, 5.41) is 14.4. The van der Waals surface area contributed by atoms with Crippen LogP contribution in [0.5, 0.6) is 0 Å². The Kier molecular flexibility index (Phi) is 7.51. The monoisotopic (exact) mass is 438 g/mol. The Morgan fingerprint density at radius 1 is 1.00 bits per heavy atom. The maximum atomic E-state index is 12.6. The zero-order chi connectivity index (χ0) is 23.3. The highest BCUT2D eigenvalue weighted by Crippen LogP contribution is 2.44. The fourth-order valence-electron chi connectivity index (χ4n) is 4.04. The van der Waals surface area contributed by atoms with Gasteiger partial charge in [-0.1, -0.05) is 69.3 Å². The predicted octanol–water partition coefficient (Wildman–Crippen LogP) is 3.78. The molecular weight excluding hydrogens is 408 g/mol. The smallest absolute Gasteiger partial charge is 0.407 e. The van der Waals surface area contributed by atoms with E-state index < -0.39 is 29.9 Å². The molecule has 2 unspecified atom stereocenters. The van der Waals surface area contributed by atoms with Crippen molar-refractivity contribution in [3.8, 4) is 11.1 Å². The fourth-order valence-corrected chi connectivity index (χ4v) is 4.04. The number of ether oxygens (including phenoxy) is 1. The molecule has 0 fully saturated rings. The van der Waals surface area contributed by atoms with Crippen LogP contribution in [-0.2, 0) is 14.3 Å². The minimum Gasteiger partial charge on any atom is -0.481 e. The number of carboxylic acids is 1. The predicted molar refractivity (Wildman–Crippen MR) is 121 cm³/mol. The molecule has 7 nitrogen and oxygen atoms in total. The van der Waals surface area contributed by atoms with Crippen LogP contribution in [-0.4, -0.2) is 42.3 Å². The summed E-state index contributed by atoms with van der Waals surface area (Å²) in [5.74, 6) is -2.31. The van der Waals surface area contributed by atoms with Crippen LogP contribution in [0.15, 0.2) is 48.5 Å². The Morgan fingerprint density at radius 2 is 1.56 bits per heavy atom. The van der Waals surface area contributed by atoms with E-state index in [9.17, 15) is 14.4 Å². The summed E-state index contributed by atoms with van der Waals surface area (Å²) in [6.45, 7) is 5.54. The molecule has 2 aromatic rings. The first-order valence-electron chi connectivity index (χ1n) is 11.0. The zero-order valence-electron chi connectivity index (χ0n) is 18.6. The number of benzene rings is 2. The summed E-state index contributed by atoms with van der Waals surface area (Å²) in [6.07, 6.45) is -0.270. The van der Waals surface area contributed by atoms with Gasteiger partial charge in [-0.25, -0.2) is 4.79 Å². The van der Waals surface area contributed by atoms with Crippen molar-refractivity contribution < 1.29 is 24.2 Å². The third-order valence-electron chi connectivity index (χ3n) is 5.93. The lowest BCUT2D eigenvalue weighted by atomic mass is 9.98. The Morgan fingerprint density at radius 3 is 2.06 bits per heavy atom. The van der Waals surface area contributed by atoms with Gasteiger partial charge in [0.25, 0.3) is 0 Å². The molecule has 0 saturated heterocycles. The highest BCUT2D eigenvalue weighted by Gasteiger charge is 2.30. The molecule has 1 aliphatic carbocycles. The lowest BCUT2D eigenvalue weighted by Crippen LogP contribution is -2.51. The van der Waals surface area contributed by atoms with Crippen molar-refractivity contribution in [1.29, 1.82) is 0 Å². The highest BCUT2D eigenvalue weighted by atomic mass is 16.5. The number of carboxylic acid groups (broad SMARTS) is 1. The Hall–Kier alpha value is -3.35. The molecule has 2 aromatic carbocycles. The van der Waals surface area contributed by atoms with Gasteiger partial charge < -0.3 is 20.5 Å². The first kappa shape index (κ1) is 23.3. The number of fused-ring (bicyclic) bond motifs is 3. The molecule has 3 rings (SSSR count). The zero-order valence-corrected chi connectivity index (χ0v) is 18.6. The average Bonchev–Trinajstić information content (AvgIpc) is 3.09. The highest BCUT2D eigenvalue weighted by molar-refractivity contribution is 5.86. The minimum atomic E-state index is -0.960. The Balaban J connectivity index is 1.62. The number of carbonyl (C=O) groups excluding carboxylic acids is 2. The number of rotatable bonds is 9. The third kappa shape index (κ3) is 5.10. The molecule has 2 atom stereocenters. The summed E-state index contributed by atoms with van der Waals surface area (Å²) in [7, 11) is 0. The molecule has 0 heterocycles. The number of alkyl carbamates (subject to hydrolysis) is 1. The number of hydrogen-bond donors (Lipinski definition) is 3. The van der Waals surface area contributed by atoms with E-state index in [1.54, 1.807) is 6.92 Å². The Labute approximate surface area is 188 Å². The maximum absolute atomic E-state index is 12.6. The van der Waals surface area contributed by atoms with Gasteiger partial charge in [-0.3, -0.25) is 9.59 Å². The molecule has 0 radical (unpaired) electrons. The molecule has 0 aromatic heterocycles. The molecule has 32 heavy (non-hydrogen) atoms. The van der Waals surface area contributed by atoms with E-state index in [-0.39, 0.29) is 25.0 Å². The van der Waals surface area contributed by atoms with Gasteiger partial charge in [0.05, 0.1) is 5.92 Å². The van der Waals surface area contributed by atoms with Crippen LogP contribution in [0.4, 0.5) is 4.79 Å². The molecule has 1 aliphatic rings. The number of carbonyl (C=O) groups is 3. The quantitative estimate of drug-likeness (QED) is 0.553. The second kappa shape index (κ2) is 10.3. The van der Waals surface area contributed by atoms with Crippen LogP contribution in [0.3, 0.4) is 0 Å². The molecule has 170 valence electrons.